The Kier molecular flexibility index (Phi) is 4.93. The number of aryl methyl sites for hydroxylation is 1. The number of likely N-dealkylation sites (tertiary alicyclic amines) is 1. The predicted molar refractivity (Wildman–Crippen MR) is 86.9 cm³/mol. The van der Waals surface area contributed by atoms with Gasteiger partial charge in [0, 0.05) is 17.6 Å². The molecular weight excluding hydrogens is 356 g/mol. The maximum atomic E-state index is 12.2. The zero-order valence-corrected chi connectivity index (χ0v) is 14.6. The SMILES string of the molecule is Cc1ccc(N(CC(=O)N2CCCC2)S(C)(=O)=O)cc1Br. The molecule has 1 fully saturated rings. The van der Waals surface area contributed by atoms with Crippen LogP contribution in [0.15, 0.2) is 22.7 Å². The van der Waals surface area contributed by atoms with Crippen molar-refractivity contribution in [1.82, 2.24) is 4.90 Å². The first kappa shape index (κ1) is 16.3. The van der Waals surface area contributed by atoms with Crippen molar-refractivity contribution in [3.05, 3.63) is 28.2 Å². The van der Waals surface area contributed by atoms with E-state index in [0.717, 1.165) is 33.4 Å². The average molecular weight is 375 g/mol. The summed E-state index contributed by atoms with van der Waals surface area (Å²) in [6, 6.07) is 5.28. The van der Waals surface area contributed by atoms with Gasteiger partial charge in [-0.15, -0.1) is 0 Å². The van der Waals surface area contributed by atoms with Crippen molar-refractivity contribution >= 4 is 37.5 Å². The third-order valence-corrected chi connectivity index (χ3v) is 5.58. The van der Waals surface area contributed by atoms with Gasteiger partial charge in [0.05, 0.1) is 11.9 Å². The van der Waals surface area contributed by atoms with Gasteiger partial charge in [0.15, 0.2) is 0 Å². The highest BCUT2D eigenvalue weighted by molar-refractivity contribution is 9.10. The molecule has 1 aromatic carbocycles. The van der Waals surface area contributed by atoms with Crippen LogP contribution in [0, 0.1) is 6.92 Å². The maximum Gasteiger partial charge on any atom is 0.243 e. The van der Waals surface area contributed by atoms with Gasteiger partial charge < -0.3 is 4.90 Å². The lowest BCUT2D eigenvalue weighted by Gasteiger charge is -2.25. The molecular formula is C14H19BrN2O3S. The normalized spacial score (nSPS) is 15.3. The summed E-state index contributed by atoms with van der Waals surface area (Å²) < 4.78 is 26.0. The number of halogens is 1. The number of benzene rings is 1. The quantitative estimate of drug-likeness (QED) is 0.810. The van der Waals surface area contributed by atoms with E-state index in [4.69, 9.17) is 0 Å². The fraction of sp³-hybridized carbons (Fsp3) is 0.500. The minimum Gasteiger partial charge on any atom is -0.341 e. The van der Waals surface area contributed by atoms with Crippen molar-refractivity contribution in [1.29, 1.82) is 0 Å². The van der Waals surface area contributed by atoms with Crippen molar-refractivity contribution in [2.24, 2.45) is 0 Å². The monoisotopic (exact) mass is 374 g/mol. The summed E-state index contributed by atoms with van der Waals surface area (Å²) in [6.45, 7) is 3.21. The van der Waals surface area contributed by atoms with E-state index in [1.54, 1.807) is 17.0 Å². The Bertz CT molecular complexity index is 640. The van der Waals surface area contributed by atoms with E-state index in [9.17, 15) is 13.2 Å². The van der Waals surface area contributed by atoms with E-state index >= 15 is 0 Å². The Morgan fingerprint density at radius 3 is 2.48 bits per heavy atom. The smallest absolute Gasteiger partial charge is 0.243 e. The van der Waals surface area contributed by atoms with Gasteiger partial charge >= 0.3 is 0 Å². The largest absolute Gasteiger partial charge is 0.341 e. The molecule has 2 rings (SSSR count). The first-order valence-corrected chi connectivity index (χ1v) is 9.45. The van der Waals surface area contributed by atoms with Gasteiger partial charge in [0.1, 0.15) is 6.54 Å². The summed E-state index contributed by atoms with van der Waals surface area (Å²) >= 11 is 3.40. The molecule has 1 saturated heterocycles. The van der Waals surface area contributed by atoms with Crippen molar-refractivity contribution < 1.29 is 13.2 Å². The van der Waals surface area contributed by atoms with Crippen molar-refractivity contribution in [3.8, 4) is 0 Å². The average Bonchev–Trinajstić information content (AvgIpc) is 2.92. The van der Waals surface area contributed by atoms with Gasteiger partial charge in [-0.05, 0) is 37.5 Å². The van der Waals surface area contributed by atoms with Crippen LogP contribution < -0.4 is 4.31 Å². The number of carbonyl (C=O) groups is 1. The molecule has 0 spiro atoms. The van der Waals surface area contributed by atoms with E-state index in [0.29, 0.717) is 18.8 Å². The lowest BCUT2D eigenvalue weighted by Crippen LogP contribution is -2.41. The molecule has 1 aromatic rings. The summed E-state index contributed by atoms with van der Waals surface area (Å²) in [6.07, 6.45) is 3.10. The number of amides is 1. The van der Waals surface area contributed by atoms with Crippen LogP contribution >= 0.6 is 15.9 Å². The van der Waals surface area contributed by atoms with Gasteiger partial charge in [-0.3, -0.25) is 9.10 Å². The zero-order chi connectivity index (χ0) is 15.6. The summed E-state index contributed by atoms with van der Waals surface area (Å²) in [4.78, 5) is 14.0. The highest BCUT2D eigenvalue weighted by Gasteiger charge is 2.25. The molecule has 0 atom stereocenters. The second-order valence-electron chi connectivity index (χ2n) is 5.29. The molecule has 1 amide bonds. The molecule has 0 unspecified atom stereocenters. The molecule has 0 bridgehead atoms. The van der Waals surface area contributed by atoms with Gasteiger partial charge in [-0.25, -0.2) is 8.42 Å². The van der Waals surface area contributed by atoms with E-state index < -0.39 is 10.0 Å². The van der Waals surface area contributed by atoms with E-state index in [1.807, 2.05) is 13.0 Å². The lowest BCUT2D eigenvalue weighted by molar-refractivity contribution is -0.128. The van der Waals surface area contributed by atoms with E-state index in [-0.39, 0.29) is 12.5 Å². The molecule has 5 nitrogen and oxygen atoms in total. The molecule has 0 aliphatic carbocycles. The van der Waals surface area contributed by atoms with Crippen LogP contribution in [0.2, 0.25) is 0 Å². The molecule has 21 heavy (non-hydrogen) atoms. The summed E-state index contributed by atoms with van der Waals surface area (Å²) in [7, 11) is -3.51. The first-order valence-electron chi connectivity index (χ1n) is 6.80. The standard InChI is InChI=1S/C14H19BrN2O3S/c1-11-5-6-12(9-13(11)15)17(21(2,19)20)10-14(18)16-7-3-4-8-16/h5-6,9H,3-4,7-8,10H2,1-2H3. The third-order valence-electron chi connectivity index (χ3n) is 3.58. The predicted octanol–water partition coefficient (Wildman–Crippen LogP) is 2.15. The Morgan fingerprint density at radius 1 is 1.33 bits per heavy atom. The molecule has 0 saturated carbocycles. The molecule has 1 aliphatic heterocycles. The fourth-order valence-corrected chi connectivity index (χ4v) is 3.53. The number of nitrogens with zero attached hydrogens (tertiary/aromatic N) is 2. The Hall–Kier alpha value is -1.08. The topological polar surface area (TPSA) is 57.7 Å². The second kappa shape index (κ2) is 6.36. The van der Waals surface area contributed by atoms with Crippen LogP contribution in [-0.4, -0.2) is 45.1 Å². The third kappa shape index (κ3) is 3.97. The van der Waals surface area contributed by atoms with Crippen molar-refractivity contribution in [2.45, 2.75) is 19.8 Å². The Morgan fingerprint density at radius 2 is 1.95 bits per heavy atom. The van der Waals surface area contributed by atoms with Gasteiger partial charge in [0.25, 0.3) is 0 Å². The van der Waals surface area contributed by atoms with Crippen LogP contribution in [-0.2, 0) is 14.8 Å². The van der Waals surface area contributed by atoms with Crippen molar-refractivity contribution in [2.75, 3.05) is 30.2 Å². The minimum atomic E-state index is -3.51. The van der Waals surface area contributed by atoms with E-state index in [1.165, 1.54) is 0 Å². The van der Waals surface area contributed by atoms with Crippen LogP contribution in [0.25, 0.3) is 0 Å². The number of anilines is 1. The van der Waals surface area contributed by atoms with E-state index in [2.05, 4.69) is 15.9 Å². The molecule has 116 valence electrons. The number of sulfonamides is 1. The molecule has 0 radical (unpaired) electrons. The number of hydrogen-bond donors (Lipinski definition) is 0. The van der Waals surface area contributed by atoms with Crippen molar-refractivity contribution in [3.63, 3.8) is 0 Å². The fourth-order valence-electron chi connectivity index (χ4n) is 2.33. The molecule has 7 heteroatoms. The van der Waals surface area contributed by atoms with Gasteiger partial charge in [-0.2, -0.15) is 0 Å². The summed E-state index contributed by atoms with van der Waals surface area (Å²) in [5.41, 5.74) is 1.51. The maximum absolute atomic E-state index is 12.2. The molecule has 1 aliphatic rings. The molecule has 0 aromatic heterocycles. The molecule has 1 heterocycles. The minimum absolute atomic E-state index is 0.144. The van der Waals surface area contributed by atoms with Gasteiger partial charge in [-0.1, -0.05) is 22.0 Å². The van der Waals surface area contributed by atoms with Crippen LogP contribution in [0.5, 0.6) is 0 Å². The van der Waals surface area contributed by atoms with Crippen LogP contribution in [0.4, 0.5) is 5.69 Å². The second-order valence-corrected chi connectivity index (χ2v) is 8.05. The van der Waals surface area contributed by atoms with Gasteiger partial charge in [0.2, 0.25) is 15.9 Å². The molecule has 0 N–H and O–H groups in total. The lowest BCUT2D eigenvalue weighted by atomic mass is 10.2. The summed E-state index contributed by atoms with van der Waals surface area (Å²) in [5, 5.41) is 0. The number of carbonyl (C=O) groups excluding carboxylic acids is 1. The Balaban J connectivity index is 2.26. The summed E-state index contributed by atoms with van der Waals surface area (Å²) in [5.74, 6) is -0.144. The van der Waals surface area contributed by atoms with Crippen LogP contribution in [0.3, 0.4) is 0 Å². The first-order chi connectivity index (χ1) is 9.79. The Labute approximate surface area is 134 Å². The highest BCUT2D eigenvalue weighted by atomic mass is 79.9. The highest BCUT2D eigenvalue weighted by Crippen LogP contribution is 2.25. The number of hydrogen-bond acceptors (Lipinski definition) is 3. The zero-order valence-electron chi connectivity index (χ0n) is 12.2. The number of rotatable bonds is 4. The van der Waals surface area contributed by atoms with Crippen LogP contribution in [0.1, 0.15) is 18.4 Å².